The molecule has 2 rings (SSSR count). The summed E-state index contributed by atoms with van der Waals surface area (Å²) < 4.78 is 55.3. The molecule has 0 saturated heterocycles. The molecular formula is C12H2BCl4F4. The van der Waals surface area contributed by atoms with Gasteiger partial charge in [-0.1, -0.05) is 46.4 Å². The van der Waals surface area contributed by atoms with Crippen molar-refractivity contribution in [3.63, 3.8) is 0 Å². The third-order valence-corrected chi connectivity index (χ3v) is 3.68. The number of benzene rings is 2. The van der Waals surface area contributed by atoms with Crippen LogP contribution in [0.4, 0.5) is 17.6 Å². The van der Waals surface area contributed by atoms with Crippen molar-refractivity contribution in [1.29, 1.82) is 0 Å². The Morgan fingerprint density at radius 2 is 0.810 bits per heavy atom. The molecule has 2 aromatic carbocycles. The molecule has 0 nitrogen and oxygen atoms in total. The molecule has 0 heterocycles. The van der Waals surface area contributed by atoms with Gasteiger partial charge in [0.2, 0.25) is 7.28 Å². The minimum atomic E-state index is -1.21. The van der Waals surface area contributed by atoms with E-state index in [4.69, 9.17) is 46.4 Å². The van der Waals surface area contributed by atoms with Crippen LogP contribution in [0.5, 0.6) is 0 Å². The topological polar surface area (TPSA) is 0 Å². The van der Waals surface area contributed by atoms with Gasteiger partial charge in [0.15, 0.2) is 0 Å². The lowest BCUT2D eigenvalue weighted by atomic mass is 9.63. The highest BCUT2D eigenvalue weighted by atomic mass is 35.5. The molecule has 0 atom stereocenters. The normalized spacial score (nSPS) is 10.9. The lowest BCUT2D eigenvalue weighted by Crippen LogP contribution is -2.37. The molecule has 2 aromatic rings. The van der Waals surface area contributed by atoms with Crippen LogP contribution in [0.1, 0.15) is 0 Å². The van der Waals surface area contributed by atoms with E-state index in [0.29, 0.717) is 7.28 Å². The van der Waals surface area contributed by atoms with Gasteiger partial charge in [-0.15, -0.1) is 0 Å². The maximum atomic E-state index is 13.8. The molecule has 21 heavy (non-hydrogen) atoms. The Morgan fingerprint density at radius 1 is 0.571 bits per heavy atom. The standard InChI is InChI=1S/C12H2BCl4F4/c14-3-1-4(15)10(19)7(9(3)18)13-8-11(20)5(16)2-6(17)12(8)21/h1-2H. The number of hydrogen-bond acceptors (Lipinski definition) is 0. The van der Waals surface area contributed by atoms with Crippen molar-refractivity contribution in [3.05, 3.63) is 55.5 Å². The van der Waals surface area contributed by atoms with Gasteiger partial charge < -0.3 is 0 Å². The maximum absolute atomic E-state index is 13.8. The van der Waals surface area contributed by atoms with Crippen molar-refractivity contribution >= 4 is 64.6 Å². The fourth-order valence-corrected chi connectivity index (χ4v) is 2.54. The summed E-state index contributed by atoms with van der Waals surface area (Å²) in [4.78, 5) is 0. The summed E-state index contributed by atoms with van der Waals surface area (Å²) >= 11 is 22.1. The SMILES string of the molecule is Fc1c(Cl)cc(Cl)c(F)c1[B]c1c(F)c(Cl)cc(Cl)c1F. The van der Waals surface area contributed by atoms with Gasteiger partial charge in [0.05, 0.1) is 20.1 Å². The first kappa shape index (κ1) is 16.8. The number of rotatable bonds is 2. The Hall–Kier alpha value is -0.615. The van der Waals surface area contributed by atoms with Crippen LogP contribution in [-0.2, 0) is 0 Å². The van der Waals surface area contributed by atoms with E-state index in [1.54, 1.807) is 0 Å². The van der Waals surface area contributed by atoms with E-state index < -0.39 is 54.3 Å². The van der Waals surface area contributed by atoms with Crippen LogP contribution >= 0.6 is 46.4 Å². The second kappa shape index (κ2) is 6.25. The van der Waals surface area contributed by atoms with Crippen molar-refractivity contribution in [3.8, 4) is 0 Å². The second-order valence-electron chi connectivity index (χ2n) is 3.91. The first-order valence-electron chi connectivity index (χ1n) is 5.24. The van der Waals surface area contributed by atoms with Crippen molar-refractivity contribution in [1.82, 2.24) is 0 Å². The molecule has 9 heteroatoms. The molecule has 109 valence electrons. The van der Waals surface area contributed by atoms with Gasteiger partial charge in [-0.3, -0.25) is 0 Å². The van der Waals surface area contributed by atoms with E-state index in [2.05, 4.69) is 0 Å². The van der Waals surface area contributed by atoms with Crippen molar-refractivity contribution in [2.24, 2.45) is 0 Å². The quantitative estimate of drug-likeness (QED) is 0.412. The lowest BCUT2D eigenvalue weighted by Gasteiger charge is -2.10. The Kier molecular flexibility index (Phi) is 4.98. The summed E-state index contributed by atoms with van der Waals surface area (Å²) in [5.41, 5.74) is -1.60. The second-order valence-corrected chi connectivity index (χ2v) is 5.54. The summed E-state index contributed by atoms with van der Waals surface area (Å²) in [7, 11) is 0.560. The molecule has 0 aliphatic heterocycles. The van der Waals surface area contributed by atoms with E-state index in [1.807, 2.05) is 0 Å². The van der Waals surface area contributed by atoms with Crippen LogP contribution in [0.25, 0.3) is 0 Å². The molecule has 0 amide bonds. The maximum Gasteiger partial charge on any atom is 0.207 e. The van der Waals surface area contributed by atoms with E-state index in [1.165, 1.54) is 0 Å². The van der Waals surface area contributed by atoms with Crippen molar-refractivity contribution < 1.29 is 17.6 Å². The molecule has 0 N–H and O–H groups in total. The summed E-state index contributed by atoms with van der Waals surface area (Å²) in [5, 5.41) is -1.99. The van der Waals surface area contributed by atoms with E-state index in [9.17, 15) is 17.6 Å². The van der Waals surface area contributed by atoms with Crippen molar-refractivity contribution in [2.75, 3.05) is 0 Å². The minimum Gasteiger partial charge on any atom is -0.206 e. The highest BCUT2D eigenvalue weighted by Crippen LogP contribution is 2.23. The zero-order valence-electron chi connectivity index (χ0n) is 9.76. The molecule has 0 fully saturated rings. The van der Waals surface area contributed by atoms with Gasteiger partial charge in [0.25, 0.3) is 0 Å². The Morgan fingerprint density at radius 3 is 1.05 bits per heavy atom. The average Bonchev–Trinajstić information content (AvgIpc) is 2.42. The van der Waals surface area contributed by atoms with Crippen molar-refractivity contribution in [2.45, 2.75) is 0 Å². The van der Waals surface area contributed by atoms with E-state index in [-0.39, 0.29) is 0 Å². The summed E-state index contributed by atoms with van der Waals surface area (Å²) in [6.07, 6.45) is 0. The minimum absolute atomic E-state index is 0.499. The summed E-state index contributed by atoms with van der Waals surface area (Å²) in [6, 6.07) is 1.67. The van der Waals surface area contributed by atoms with Crippen LogP contribution in [0.2, 0.25) is 20.1 Å². The summed E-state index contributed by atoms with van der Waals surface area (Å²) in [5.74, 6) is -4.86. The lowest BCUT2D eigenvalue weighted by molar-refractivity contribution is 0.594. The molecule has 0 aliphatic carbocycles. The zero-order valence-corrected chi connectivity index (χ0v) is 12.8. The van der Waals surface area contributed by atoms with Gasteiger partial charge in [0.1, 0.15) is 23.3 Å². The number of halogens is 8. The fourth-order valence-electron chi connectivity index (χ4n) is 1.58. The monoisotopic (exact) mass is 373 g/mol. The highest BCUT2D eigenvalue weighted by molar-refractivity contribution is 6.68. The third-order valence-electron chi connectivity index (χ3n) is 2.58. The average molecular weight is 375 g/mol. The molecular weight excluding hydrogens is 373 g/mol. The zero-order chi connectivity index (χ0) is 15.9. The van der Waals surface area contributed by atoms with Gasteiger partial charge in [0, 0.05) is 0 Å². The largest absolute Gasteiger partial charge is 0.207 e. The fraction of sp³-hybridized carbons (Fsp3) is 0. The molecule has 0 saturated carbocycles. The first-order valence-corrected chi connectivity index (χ1v) is 6.76. The first-order chi connectivity index (χ1) is 9.73. The van der Waals surface area contributed by atoms with Crippen LogP contribution in [0.3, 0.4) is 0 Å². The Bertz CT molecular complexity index is 622. The highest BCUT2D eigenvalue weighted by Gasteiger charge is 2.24. The molecule has 0 spiro atoms. The predicted octanol–water partition coefficient (Wildman–Crippen LogP) is 4.51. The van der Waals surface area contributed by atoms with Gasteiger partial charge in [-0.2, -0.15) is 0 Å². The molecule has 0 aliphatic rings. The van der Waals surface area contributed by atoms with E-state index >= 15 is 0 Å². The molecule has 0 aromatic heterocycles. The van der Waals surface area contributed by atoms with Gasteiger partial charge >= 0.3 is 0 Å². The Labute approximate surface area is 137 Å². The van der Waals surface area contributed by atoms with Crippen LogP contribution in [0, 0.1) is 23.3 Å². The smallest absolute Gasteiger partial charge is 0.206 e. The Balaban J connectivity index is 2.64. The van der Waals surface area contributed by atoms with E-state index in [0.717, 1.165) is 12.1 Å². The predicted molar refractivity (Wildman–Crippen MR) is 77.8 cm³/mol. The molecule has 0 unspecified atom stereocenters. The summed E-state index contributed by atoms with van der Waals surface area (Å²) in [6.45, 7) is 0. The van der Waals surface area contributed by atoms with Crippen LogP contribution < -0.4 is 10.9 Å². The van der Waals surface area contributed by atoms with Crippen LogP contribution in [-0.4, -0.2) is 7.28 Å². The number of hydrogen-bond donors (Lipinski definition) is 0. The van der Waals surface area contributed by atoms with Crippen LogP contribution in [0.15, 0.2) is 12.1 Å². The molecule has 0 bridgehead atoms. The van der Waals surface area contributed by atoms with Gasteiger partial charge in [-0.05, 0) is 23.1 Å². The third kappa shape index (κ3) is 3.11. The molecule has 1 radical (unpaired) electrons. The van der Waals surface area contributed by atoms with Gasteiger partial charge in [-0.25, -0.2) is 17.6 Å².